The average molecular weight is 140 g/mol. The van der Waals surface area contributed by atoms with Crippen molar-refractivity contribution in [3.05, 3.63) is 0 Å². The highest BCUT2D eigenvalue weighted by Gasteiger charge is 2.28. The van der Waals surface area contributed by atoms with Crippen LogP contribution in [0.1, 0.15) is 6.92 Å². The number of ether oxygens (including phenoxy) is 2. The maximum absolute atomic E-state index is 9.82. The Bertz CT molecular complexity index is 181. The van der Waals surface area contributed by atoms with Gasteiger partial charge in [0.25, 0.3) is 0 Å². The van der Waals surface area contributed by atoms with Crippen LogP contribution in [0.5, 0.6) is 0 Å². The number of hydrogen-bond donors (Lipinski definition) is 0. The molecule has 1 heterocycles. The van der Waals surface area contributed by atoms with E-state index < -0.39 is 5.79 Å². The van der Waals surface area contributed by atoms with Crippen molar-refractivity contribution in [3.63, 3.8) is 0 Å². The number of carbonyl (C=O) groups is 1. The molecule has 54 valence electrons. The Hall–Kier alpha value is -0.850. The van der Waals surface area contributed by atoms with Crippen LogP contribution in [0.4, 0.5) is 0 Å². The first-order valence-electron chi connectivity index (χ1n) is 3.01. The van der Waals surface area contributed by atoms with Gasteiger partial charge in [0.1, 0.15) is 0 Å². The Labute approximate surface area is 59.3 Å². The third-order valence-electron chi connectivity index (χ3n) is 1.20. The first-order valence-corrected chi connectivity index (χ1v) is 3.01. The zero-order valence-corrected chi connectivity index (χ0v) is 5.72. The predicted octanol–water partition coefficient (Wildman–Crippen LogP) is -0.0483. The Morgan fingerprint density at radius 2 is 2.10 bits per heavy atom. The molecular formula is C7H8O3. The van der Waals surface area contributed by atoms with Crippen molar-refractivity contribution in [2.75, 3.05) is 13.2 Å². The average Bonchev–Trinajstić information content (AvgIpc) is 2.33. The Morgan fingerprint density at radius 3 is 2.60 bits per heavy atom. The molecule has 0 aliphatic carbocycles. The van der Waals surface area contributed by atoms with Gasteiger partial charge in [-0.15, -0.1) is 0 Å². The maximum atomic E-state index is 9.82. The second-order valence-corrected chi connectivity index (χ2v) is 2.03. The van der Waals surface area contributed by atoms with E-state index in [0.29, 0.717) is 19.5 Å². The minimum atomic E-state index is -0.846. The lowest BCUT2D eigenvalue weighted by atomic mass is 10.3. The molecule has 3 heteroatoms. The van der Waals surface area contributed by atoms with Gasteiger partial charge in [0.05, 0.1) is 13.2 Å². The van der Waals surface area contributed by atoms with Gasteiger partial charge in [-0.3, -0.25) is 4.79 Å². The molecule has 3 nitrogen and oxygen atoms in total. The van der Waals surface area contributed by atoms with Crippen molar-refractivity contribution >= 4 is 6.29 Å². The maximum Gasteiger partial charge on any atom is 0.231 e. The van der Waals surface area contributed by atoms with Crippen LogP contribution in [0.3, 0.4) is 0 Å². The van der Waals surface area contributed by atoms with Crippen molar-refractivity contribution in [2.24, 2.45) is 0 Å². The summed E-state index contributed by atoms with van der Waals surface area (Å²) in [5, 5.41) is 0. The van der Waals surface area contributed by atoms with Gasteiger partial charge in [-0.1, -0.05) is 0 Å². The highest BCUT2D eigenvalue weighted by atomic mass is 16.7. The van der Waals surface area contributed by atoms with E-state index in [0.717, 1.165) is 0 Å². The quantitative estimate of drug-likeness (QED) is 0.349. The molecule has 0 aromatic heterocycles. The first kappa shape index (κ1) is 7.26. The summed E-state index contributed by atoms with van der Waals surface area (Å²) < 4.78 is 10.2. The largest absolute Gasteiger partial charge is 0.337 e. The molecule has 0 aromatic carbocycles. The van der Waals surface area contributed by atoms with Crippen LogP contribution in [0.15, 0.2) is 0 Å². The Balaban J connectivity index is 2.58. The molecule has 0 amide bonds. The van der Waals surface area contributed by atoms with Gasteiger partial charge in [-0.2, -0.15) is 0 Å². The number of rotatable bonds is 0. The van der Waals surface area contributed by atoms with Crippen molar-refractivity contribution in [2.45, 2.75) is 12.7 Å². The predicted molar refractivity (Wildman–Crippen MR) is 34.1 cm³/mol. The van der Waals surface area contributed by atoms with Gasteiger partial charge in [-0.25, -0.2) is 0 Å². The van der Waals surface area contributed by atoms with E-state index in [2.05, 4.69) is 11.8 Å². The molecular weight excluding hydrogens is 132 g/mol. The number of hydrogen-bond acceptors (Lipinski definition) is 3. The van der Waals surface area contributed by atoms with Gasteiger partial charge in [-0.05, 0) is 11.8 Å². The van der Waals surface area contributed by atoms with Gasteiger partial charge in [0, 0.05) is 6.92 Å². The number of carbonyl (C=O) groups excluding carboxylic acids is 1. The summed E-state index contributed by atoms with van der Waals surface area (Å²) in [6.07, 6.45) is 0.524. The normalized spacial score (nSPS) is 21.3. The van der Waals surface area contributed by atoms with Gasteiger partial charge in [0.15, 0.2) is 6.29 Å². The molecule has 0 bridgehead atoms. The number of aldehydes is 1. The monoisotopic (exact) mass is 140 g/mol. The van der Waals surface area contributed by atoms with Crippen molar-refractivity contribution in [3.8, 4) is 11.8 Å². The summed E-state index contributed by atoms with van der Waals surface area (Å²) in [5.74, 6) is 3.95. The van der Waals surface area contributed by atoms with E-state index in [1.165, 1.54) is 0 Å². The summed E-state index contributed by atoms with van der Waals surface area (Å²) >= 11 is 0. The molecule has 0 aromatic rings. The molecule has 0 N–H and O–H groups in total. The van der Waals surface area contributed by atoms with E-state index in [-0.39, 0.29) is 0 Å². The van der Waals surface area contributed by atoms with Crippen molar-refractivity contribution < 1.29 is 14.3 Å². The zero-order valence-electron chi connectivity index (χ0n) is 5.72. The molecule has 1 saturated heterocycles. The fourth-order valence-electron chi connectivity index (χ4n) is 0.747. The summed E-state index contributed by atoms with van der Waals surface area (Å²) in [6, 6.07) is 0. The summed E-state index contributed by atoms with van der Waals surface area (Å²) in [5.41, 5.74) is 0. The van der Waals surface area contributed by atoms with Gasteiger partial charge in [0.2, 0.25) is 5.79 Å². The first-order chi connectivity index (χ1) is 4.77. The van der Waals surface area contributed by atoms with E-state index in [1.807, 2.05) is 0 Å². The SMILES string of the molecule is CC1(C#CC=O)OCCO1. The third kappa shape index (κ3) is 1.56. The molecule has 1 fully saturated rings. The van der Waals surface area contributed by atoms with E-state index in [9.17, 15) is 4.79 Å². The molecule has 0 radical (unpaired) electrons. The lowest BCUT2D eigenvalue weighted by Gasteiger charge is -2.12. The highest BCUT2D eigenvalue weighted by Crippen LogP contribution is 2.16. The van der Waals surface area contributed by atoms with Gasteiger partial charge >= 0.3 is 0 Å². The molecule has 0 atom stereocenters. The highest BCUT2D eigenvalue weighted by molar-refractivity contribution is 5.72. The van der Waals surface area contributed by atoms with Crippen LogP contribution in [0, 0.1) is 11.8 Å². The van der Waals surface area contributed by atoms with Crippen LogP contribution in [0.2, 0.25) is 0 Å². The fraction of sp³-hybridized carbons (Fsp3) is 0.571. The summed E-state index contributed by atoms with van der Waals surface area (Å²) in [7, 11) is 0. The second kappa shape index (κ2) is 2.82. The van der Waals surface area contributed by atoms with Crippen LogP contribution in [-0.2, 0) is 14.3 Å². The Morgan fingerprint density at radius 1 is 1.50 bits per heavy atom. The lowest BCUT2D eigenvalue weighted by Crippen LogP contribution is -2.22. The van der Waals surface area contributed by atoms with Crippen molar-refractivity contribution in [1.29, 1.82) is 0 Å². The van der Waals surface area contributed by atoms with E-state index in [1.54, 1.807) is 6.92 Å². The fourth-order valence-corrected chi connectivity index (χ4v) is 0.747. The lowest BCUT2D eigenvalue weighted by molar-refractivity contribution is -0.104. The third-order valence-corrected chi connectivity index (χ3v) is 1.20. The molecule has 1 rings (SSSR count). The molecule has 1 aliphatic rings. The molecule has 1 aliphatic heterocycles. The minimum absolute atomic E-state index is 0.524. The van der Waals surface area contributed by atoms with E-state index in [4.69, 9.17) is 9.47 Å². The van der Waals surface area contributed by atoms with Crippen LogP contribution in [-0.4, -0.2) is 25.3 Å². The topological polar surface area (TPSA) is 35.5 Å². The standard InChI is InChI=1S/C7H8O3/c1-7(3-2-4-8)9-5-6-10-7/h4H,5-6H2,1H3. The zero-order chi connectivity index (χ0) is 7.45. The second-order valence-electron chi connectivity index (χ2n) is 2.03. The van der Waals surface area contributed by atoms with E-state index >= 15 is 0 Å². The summed E-state index contributed by atoms with van der Waals surface area (Å²) in [4.78, 5) is 9.82. The van der Waals surface area contributed by atoms with Crippen LogP contribution in [0.25, 0.3) is 0 Å². The molecule has 0 saturated carbocycles. The van der Waals surface area contributed by atoms with Crippen LogP contribution < -0.4 is 0 Å². The minimum Gasteiger partial charge on any atom is -0.337 e. The van der Waals surface area contributed by atoms with Gasteiger partial charge < -0.3 is 9.47 Å². The summed E-state index contributed by atoms with van der Waals surface area (Å²) in [6.45, 7) is 2.78. The molecule has 0 unspecified atom stereocenters. The van der Waals surface area contributed by atoms with Crippen LogP contribution >= 0.6 is 0 Å². The Kier molecular flexibility index (Phi) is 2.05. The smallest absolute Gasteiger partial charge is 0.231 e. The molecule has 0 spiro atoms. The molecule has 10 heavy (non-hydrogen) atoms. The van der Waals surface area contributed by atoms with Crippen molar-refractivity contribution in [1.82, 2.24) is 0 Å².